The van der Waals surface area contributed by atoms with Gasteiger partial charge in [-0.1, -0.05) is 0 Å². The molecule has 7 heteroatoms. The Labute approximate surface area is 208 Å². The molecule has 0 unspecified atom stereocenters. The monoisotopic (exact) mass is 477 g/mol. The van der Waals surface area contributed by atoms with E-state index in [-0.39, 0.29) is 5.91 Å². The van der Waals surface area contributed by atoms with Gasteiger partial charge in [0.2, 0.25) is 0 Å². The Morgan fingerprint density at radius 1 is 0.806 bits per heavy atom. The number of aromatic nitrogens is 3. The molecule has 0 aliphatic rings. The Bertz CT molecular complexity index is 1500. The Morgan fingerprint density at radius 3 is 1.97 bits per heavy atom. The Hall–Kier alpha value is -4.78. The van der Waals surface area contributed by atoms with Crippen molar-refractivity contribution < 1.29 is 19.3 Å². The van der Waals surface area contributed by atoms with Crippen LogP contribution in [0, 0.1) is 0 Å². The van der Waals surface area contributed by atoms with E-state index in [9.17, 15) is 4.79 Å². The number of aromatic amines is 1. The first kappa shape index (κ1) is 23.0. The number of H-pyrrole nitrogens is 1. The number of nitrogens with one attached hydrogen (secondary N) is 2. The highest BCUT2D eigenvalue weighted by atomic mass is 16.5. The van der Waals surface area contributed by atoms with Crippen molar-refractivity contribution in [3.63, 3.8) is 0 Å². The summed E-state index contributed by atoms with van der Waals surface area (Å²) < 4.78 is 10.6. The fraction of sp³-hybridized carbons (Fsp3) is 0.103. The van der Waals surface area contributed by atoms with Crippen LogP contribution in [0.15, 0.2) is 91.3 Å². The SMILES string of the molecule is COc1ccc(-c2nc3ccc(C(=O)NCc4ccc[nH+]c4)cc3nc2-c2ccc(OC)cc2)cc1. The summed E-state index contributed by atoms with van der Waals surface area (Å²) in [5.74, 6) is 1.35. The van der Waals surface area contributed by atoms with Crippen molar-refractivity contribution in [1.29, 1.82) is 0 Å². The highest BCUT2D eigenvalue weighted by Crippen LogP contribution is 2.33. The molecule has 36 heavy (non-hydrogen) atoms. The number of methoxy groups -OCH3 is 2. The standard InChI is InChI=1S/C29H24N4O3/c1-35-23-10-5-20(6-11-23)27-28(21-7-12-24(36-2)13-8-21)33-26-16-22(9-14-25(26)32-27)29(34)31-18-19-4-3-15-30-17-19/h3-17H,18H2,1-2H3,(H,31,34)/p+1. The molecular formula is C29H25N4O3+. The topological polar surface area (TPSA) is 87.5 Å². The number of nitrogens with zero attached hydrogens (tertiary/aromatic N) is 2. The molecule has 0 saturated heterocycles. The summed E-state index contributed by atoms with van der Waals surface area (Å²) in [6.45, 7) is 0.424. The third-order valence-corrected chi connectivity index (χ3v) is 5.88. The van der Waals surface area contributed by atoms with Crippen LogP contribution in [0.5, 0.6) is 11.5 Å². The maximum absolute atomic E-state index is 12.8. The number of hydrogen-bond donors (Lipinski definition) is 1. The molecule has 0 atom stereocenters. The molecular weight excluding hydrogens is 452 g/mol. The maximum atomic E-state index is 12.8. The van der Waals surface area contributed by atoms with Gasteiger partial charge in [-0.3, -0.25) is 4.79 Å². The van der Waals surface area contributed by atoms with E-state index in [1.165, 1.54) is 0 Å². The number of ether oxygens (including phenoxy) is 2. The lowest BCUT2D eigenvalue weighted by Gasteiger charge is -2.12. The normalized spacial score (nSPS) is 10.7. The third-order valence-electron chi connectivity index (χ3n) is 5.88. The molecule has 0 saturated carbocycles. The minimum atomic E-state index is -0.173. The first-order valence-corrected chi connectivity index (χ1v) is 11.5. The van der Waals surface area contributed by atoms with Crippen LogP contribution in [0.1, 0.15) is 15.9 Å². The number of benzene rings is 3. The predicted molar refractivity (Wildman–Crippen MR) is 138 cm³/mol. The summed E-state index contributed by atoms with van der Waals surface area (Å²) >= 11 is 0. The van der Waals surface area contributed by atoms with Crippen molar-refractivity contribution in [2.75, 3.05) is 14.2 Å². The number of carbonyl (C=O) groups is 1. The van der Waals surface area contributed by atoms with Gasteiger partial charge in [0.25, 0.3) is 5.91 Å². The van der Waals surface area contributed by atoms with Crippen molar-refractivity contribution >= 4 is 16.9 Å². The van der Waals surface area contributed by atoms with E-state index >= 15 is 0 Å². The summed E-state index contributed by atoms with van der Waals surface area (Å²) in [7, 11) is 3.27. The van der Waals surface area contributed by atoms with Gasteiger partial charge < -0.3 is 14.8 Å². The van der Waals surface area contributed by atoms with Crippen LogP contribution in [0.25, 0.3) is 33.5 Å². The highest BCUT2D eigenvalue weighted by Gasteiger charge is 2.15. The van der Waals surface area contributed by atoms with Gasteiger partial charge in [0.05, 0.1) is 36.6 Å². The number of pyridine rings is 1. The van der Waals surface area contributed by atoms with Gasteiger partial charge in [0, 0.05) is 34.9 Å². The Balaban J connectivity index is 1.54. The quantitative estimate of drug-likeness (QED) is 0.366. The van der Waals surface area contributed by atoms with Gasteiger partial charge >= 0.3 is 0 Å². The number of rotatable bonds is 7. The molecule has 2 N–H and O–H groups in total. The summed E-state index contributed by atoms with van der Waals surface area (Å²) in [5.41, 5.74) is 6.11. The number of carbonyl (C=O) groups excluding carboxylic acids is 1. The lowest BCUT2D eigenvalue weighted by molar-refractivity contribution is -0.378. The number of fused-ring (bicyclic) bond motifs is 1. The molecule has 3 aromatic carbocycles. The van der Waals surface area contributed by atoms with E-state index in [2.05, 4.69) is 10.3 Å². The van der Waals surface area contributed by atoms with Gasteiger partial charge in [-0.2, -0.15) is 0 Å². The van der Waals surface area contributed by atoms with Crippen molar-refractivity contribution in [1.82, 2.24) is 15.3 Å². The lowest BCUT2D eigenvalue weighted by Crippen LogP contribution is -2.23. The second-order valence-electron chi connectivity index (χ2n) is 8.18. The van der Waals surface area contributed by atoms with Gasteiger partial charge in [-0.05, 0) is 72.8 Å². The van der Waals surface area contributed by atoms with Crippen molar-refractivity contribution in [3.8, 4) is 34.0 Å². The number of hydrogen-bond acceptors (Lipinski definition) is 5. The molecule has 0 aliphatic heterocycles. The van der Waals surface area contributed by atoms with Crippen molar-refractivity contribution in [2.24, 2.45) is 0 Å². The largest absolute Gasteiger partial charge is 0.497 e. The molecule has 0 bridgehead atoms. The van der Waals surface area contributed by atoms with Gasteiger partial charge in [-0.15, -0.1) is 0 Å². The van der Waals surface area contributed by atoms with Crippen LogP contribution < -0.4 is 19.8 Å². The molecule has 5 aromatic rings. The summed E-state index contributed by atoms with van der Waals surface area (Å²) in [6.07, 6.45) is 3.68. The highest BCUT2D eigenvalue weighted by molar-refractivity contribution is 5.98. The average Bonchev–Trinajstić information content (AvgIpc) is 2.95. The number of amides is 1. The predicted octanol–water partition coefficient (Wildman–Crippen LogP) is 4.73. The molecule has 7 nitrogen and oxygen atoms in total. The Kier molecular flexibility index (Phi) is 6.53. The molecule has 2 aromatic heterocycles. The zero-order valence-corrected chi connectivity index (χ0v) is 20.0. The van der Waals surface area contributed by atoms with Gasteiger partial charge in [-0.25, -0.2) is 15.0 Å². The van der Waals surface area contributed by atoms with E-state index in [0.29, 0.717) is 28.8 Å². The molecule has 0 fully saturated rings. The van der Waals surface area contributed by atoms with Gasteiger partial charge in [0.15, 0.2) is 12.4 Å². The third kappa shape index (κ3) is 4.86. The molecule has 1 amide bonds. The Morgan fingerprint density at radius 2 is 1.42 bits per heavy atom. The van der Waals surface area contributed by atoms with Crippen LogP contribution in [-0.4, -0.2) is 30.1 Å². The van der Waals surface area contributed by atoms with E-state index in [1.54, 1.807) is 26.4 Å². The molecule has 0 radical (unpaired) electrons. The minimum absolute atomic E-state index is 0.173. The molecule has 0 spiro atoms. The first-order chi connectivity index (χ1) is 17.6. The van der Waals surface area contributed by atoms with Crippen molar-refractivity contribution in [2.45, 2.75) is 6.54 Å². The van der Waals surface area contributed by atoms with Crippen LogP contribution in [0.4, 0.5) is 0 Å². The average molecular weight is 478 g/mol. The smallest absolute Gasteiger partial charge is 0.251 e. The van der Waals surface area contributed by atoms with E-state index in [4.69, 9.17) is 19.4 Å². The van der Waals surface area contributed by atoms with Crippen LogP contribution in [-0.2, 0) is 6.54 Å². The second-order valence-corrected chi connectivity index (χ2v) is 8.18. The van der Waals surface area contributed by atoms with Gasteiger partial charge in [0.1, 0.15) is 11.5 Å². The lowest BCUT2D eigenvalue weighted by atomic mass is 10.0. The molecule has 5 rings (SSSR count). The first-order valence-electron chi connectivity index (χ1n) is 11.5. The maximum Gasteiger partial charge on any atom is 0.251 e. The van der Waals surface area contributed by atoms with Crippen LogP contribution in [0.3, 0.4) is 0 Å². The summed E-state index contributed by atoms with van der Waals surface area (Å²) in [4.78, 5) is 25.8. The molecule has 0 aliphatic carbocycles. The van der Waals surface area contributed by atoms with E-state index in [1.807, 2.05) is 79.1 Å². The summed E-state index contributed by atoms with van der Waals surface area (Å²) in [6, 6.07) is 24.6. The van der Waals surface area contributed by atoms with Crippen LogP contribution >= 0.6 is 0 Å². The molecule has 178 valence electrons. The zero-order valence-electron chi connectivity index (χ0n) is 20.0. The minimum Gasteiger partial charge on any atom is -0.497 e. The molecule has 2 heterocycles. The van der Waals surface area contributed by atoms with Crippen molar-refractivity contribution in [3.05, 3.63) is 102 Å². The summed E-state index contributed by atoms with van der Waals surface area (Å²) in [5, 5.41) is 2.95. The fourth-order valence-electron chi connectivity index (χ4n) is 3.92. The second kappa shape index (κ2) is 10.2. The van der Waals surface area contributed by atoms with E-state index in [0.717, 1.165) is 33.9 Å². The fourth-order valence-corrected chi connectivity index (χ4v) is 3.92. The van der Waals surface area contributed by atoms with Crippen LogP contribution in [0.2, 0.25) is 0 Å². The van der Waals surface area contributed by atoms with E-state index < -0.39 is 0 Å². The zero-order chi connectivity index (χ0) is 24.9.